The molecule has 2 atom stereocenters. The minimum Gasteiger partial charge on any atom is -0.444 e. The number of para-hydroxylation sites is 1. The Balaban J connectivity index is 1.58. The monoisotopic (exact) mass is 586 g/mol. The number of amides is 3. The summed E-state index contributed by atoms with van der Waals surface area (Å²) in [7, 11) is 0. The molecule has 5 N–H and O–H groups in total. The molecule has 0 aliphatic carbocycles. The second-order valence-corrected chi connectivity index (χ2v) is 12.7. The number of rotatable bonds is 10. The highest BCUT2D eigenvalue weighted by atomic mass is 16.6. The first-order chi connectivity index (χ1) is 20.3. The van der Waals surface area contributed by atoms with Gasteiger partial charge in [0.25, 0.3) is 0 Å². The predicted molar refractivity (Wildman–Crippen MR) is 166 cm³/mol. The Morgan fingerprint density at radius 2 is 1.53 bits per heavy atom. The lowest BCUT2D eigenvalue weighted by molar-refractivity contribution is -0.130. The molecule has 0 fully saturated rings. The Morgan fingerprint density at radius 3 is 2.21 bits per heavy atom. The van der Waals surface area contributed by atoms with Crippen molar-refractivity contribution in [2.75, 3.05) is 0 Å². The van der Waals surface area contributed by atoms with E-state index in [-0.39, 0.29) is 24.2 Å². The highest BCUT2D eigenvalue weighted by molar-refractivity contribution is 5.92. The van der Waals surface area contributed by atoms with Crippen molar-refractivity contribution < 1.29 is 19.1 Å². The molecule has 10 heteroatoms. The van der Waals surface area contributed by atoms with E-state index < -0.39 is 29.7 Å². The zero-order chi connectivity index (χ0) is 31.2. The fraction of sp³-hybridized carbons (Fsp3) is 0.394. The molecule has 0 spiro atoms. The van der Waals surface area contributed by atoms with E-state index in [4.69, 9.17) is 4.74 Å². The van der Waals surface area contributed by atoms with Crippen molar-refractivity contribution in [3.8, 4) is 0 Å². The number of imidazole rings is 1. The molecule has 4 aromatic rings. The van der Waals surface area contributed by atoms with E-state index in [1.165, 1.54) is 0 Å². The van der Waals surface area contributed by atoms with Crippen LogP contribution in [0.25, 0.3) is 10.9 Å². The van der Waals surface area contributed by atoms with Gasteiger partial charge in [-0.25, -0.2) is 9.78 Å². The SMILES string of the molecule is CC(C)(C)OC(=O)N[C@@H](Cc1c[nH]c2ccccc12)C(=O)N[C@@H](Cc1cnc(C(C)(C)C)[nH]1)C(=O)NCc1ccccc1. The van der Waals surface area contributed by atoms with Crippen LogP contribution in [0.15, 0.2) is 67.0 Å². The van der Waals surface area contributed by atoms with Gasteiger partial charge in [-0.3, -0.25) is 9.59 Å². The Kier molecular flexibility index (Phi) is 9.58. The van der Waals surface area contributed by atoms with E-state index >= 15 is 0 Å². The molecule has 0 aliphatic rings. The van der Waals surface area contributed by atoms with Crippen molar-refractivity contribution >= 4 is 28.8 Å². The molecule has 4 rings (SSSR count). The summed E-state index contributed by atoms with van der Waals surface area (Å²) in [4.78, 5) is 51.2. The van der Waals surface area contributed by atoms with Crippen LogP contribution in [0.2, 0.25) is 0 Å². The van der Waals surface area contributed by atoms with Crippen molar-refractivity contribution in [3.05, 3.63) is 89.6 Å². The van der Waals surface area contributed by atoms with Crippen molar-refractivity contribution in [2.45, 2.75) is 84.0 Å². The molecule has 43 heavy (non-hydrogen) atoms. The molecule has 0 saturated carbocycles. The van der Waals surface area contributed by atoms with Crippen LogP contribution in [-0.4, -0.2) is 50.5 Å². The smallest absolute Gasteiger partial charge is 0.408 e. The summed E-state index contributed by atoms with van der Waals surface area (Å²) >= 11 is 0. The number of hydrogen-bond acceptors (Lipinski definition) is 5. The second kappa shape index (κ2) is 13.1. The molecule has 2 aromatic heterocycles. The topological polar surface area (TPSA) is 141 Å². The quantitative estimate of drug-likeness (QED) is 0.184. The van der Waals surface area contributed by atoms with Crippen LogP contribution in [0.4, 0.5) is 4.79 Å². The van der Waals surface area contributed by atoms with Gasteiger partial charge in [0.2, 0.25) is 11.8 Å². The first-order valence-corrected chi connectivity index (χ1v) is 14.5. The summed E-state index contributed by atoms with van der Waals surface area (Å²) in [6.45, 7) is 11.7. The standard InChI is InChI=1S/C33H42N6O4/c1-32(2,3)30-36-20-23(37-30)17-27(28(40)35-18-21-12-8-7-9-13-21)38-29(41)26(39-31(42)43-33(4,5)6)16-22-19-34-25-15-11-10-14-24(22)25/h7-15,19-20,26-27,34H,16-18H2,1-6H3,(H,35,40)(H,36,37)(H,38,41)(H,39,42)/t26-,27-/m0/s1. The molecule has 0 unspecified atom stereocenters. The first kappa shape index (κ1) is 31.3. The number of aromatic amines is 2. The molecule has 2 aromatic carbocycles. The summed E-state index contributed by atoms with van der Waals surface area (Å²) in [6.07, 6.45) is 3.16. The Bertz CT molecular complexity index is 1540. The lowest BCUT2D eigenvalue weighted by Crippen LogP contribution is -2.55. The molecule has 0 saturated heterocycles. The van der Waals surface area contributed by atoms with Gasteiger partial charge in [0.05, 0.1) is 0 Å². The molecular weight excluding hydrogens is 544 g/mol. The number of hydrogen-bond donors (Lipinski definition) is 5. The number of alkyl carbamates (subject to hydrolysis) is 1. The average Bonchev–Trinajstić information content (AvgIpc) is 3.58. The number of nitrogens with one attached hydrogen (secondary N) is 5. The molecule has 3 amide bonds. The van der Waals surface area contributed by atoms with Crippen LogP contribution < -0.4 is 16.0 Å². The highest BCUT2D eigenvalue weighted by Gasteiger charge is 2.30. The van der Waals surface area contributed by atoms with Crippen LogP contribution in [-0.2, 0) is 39.1 Å². The van der Waals surface area contributed by atoms with Crippen LogP contribution in [0, 0.1) is 0 Å². The normalized spacial score (nSPS) is 13.3. The summed E-state index contributed by atoms with van der Waals surface area (Å²) in [5.41, 5.74) is 2.44. The van der Waals surface area contributed by atoms with Gasteiger partial charge in [0.1, 0.15) is 23.5 Å². The lowest BCUT2D eigenvalue weighted by atomic mass is 9.96. The molecule has 10 nitrogen and oxygen atoms in total. The van der Waals surface area contributed by atoms with E-state index in [0.717, 1.165) is 27.9 Å². The minimum atomic E-state index is -1.01. The Hall–Kier alpha value is -4.60. The van der Waals surface area contributed by atoms with E-state index in [2.05, 4.69) is 30.9 Å². The van der Waals surface area contributed by atoms with Gasteiger partial charge in [-0.2, -0.15) is 0 Å². The third-order valence-electron chi connectivity index (χ3n) is 6.81. The number of nitrogens with zero attached hydrogens (tertiary/aromatic N) is 1. The van der Waals surface area contributed by atoms with Gasteiger partial charge in [0, 0.05) is 53.8 Å². The summed E-state index contributed by atoms with van der Waals surface area (Å²) in [6, 6.07) is 15.3. The third kappa shape index (κ3) is 8.94. The van der Waals surface area contributed by atoms with Gasteiger partial charge in [0.15, 0.2) is 0 Å². The van der Waals surface area contributed by atoms with Crippen LogP contribution >= 0.6 is 0 Å². The Labute approximate surface area is 252 Å². The Morgan fingerprint density at radius 1 is 0.860 bits per heavy atom. The predicted octanol–water partition coefficient (Wildman–Crippen LogP) is 4.67. The van der Waals surface area contributed by atoms with Gasteiger partial charge in [-0.1, -0.05) is 69.3 Å². The van der Waals surface area contributed by atoms with Crippen molar-refractivity contribution in [2.24, 2.45) is 0 Å². The van der Waals surface area contributed by atoms with Gasteiger partial charge < -0.3 is 30.7 Å². The van der Waals surface area contributed by atoms with Crippen LogP contribution in [0.1, 0.15) is 64.2 Å². The van der Waals surface area contributed by atoms with E-state index in [9.17, 15) is 14.4 Å². The largest absolute Gasteiger partial charge is 0.444 e. The first-order valence-electron chi connectivity index (χ1n) is 14.5. The molecular formula is C33H42N6O4. The maximum Gasteiger partial charge on any atom is 0.408 e. The number of carbonyl (C=O) groups excluding carboxylic acids is 3. The number of ether oxygens (including phenoxy) is 1. The molecule has 228 valence electrons. The maximum absolute atomic E-state index is 13.9. The fourth-order valence-corrected chi connectivity index (χ4v) is 4.63. The van der Waals surface area contributed by atoms with Gasteiger partial charge >= 0.3 is 6.09 Å². The van der Waals surface area contributed by atoms with Crippen LogP contribution in [0.5, 0.6) is 0 Å². The number of carbonyl (C=O) groups is 3. The third-order valence-corrected chi connectivity index (χ3v) is 6.81. The van der Waals surface area contributed by atoms with Crippen LogP contribution in [0.3, 0.4) is 0 Å². The fourth-order valence-electron chi connectivity index (χ4n) is 4.63. The number of H-pyrrole nitrogens is 2. The number of fused-ring (bicyclic) bond motifs is 1. The summed E-state index contributed by atoms with van der Waals surface area (Å²) in [5, 5.41) is 9.50. The maximum atomic E-state index is 13.9. The lowest BCUT2D eigenvalue weighted by Gasteiger charge is -2.25. The summed E-state index contributed by atoms with van der Waals surface area (Å²) in [5.74, 6) is -0.0835. The molecule has 2 heterocycles. The van der Waals surface area contributed by atoms with Crippen molar-refractivity contribution in [3.63, 3.8) is 0 Å². The molecule has 0 bridgehead atoms. The van der Waals surface area contributed by atoms with Crippen molar-refractivity contribution in [1.29, 1.82) is 0 Å². The zero-order valence-corrected chi connectivity index (χ0v) is 25.7. The number of benzene rings is 2. The summed E-state index contributed by atoms with van der Waals surface area (Å²) < 4.78 is 5.46. The molecule has 0 aliphatic heterocycles. The minimum absolute atomic E-state index is 0.182. The van der Waals surface area contributed by atoms with E-state index in [1.54, 1.807) is 27.0 Å². The zero-order valence-electron chi connectivity index (χ0n) is 25.7. The highest BCUT2D eigenvalue weighted by Crippen LogP contribution is 2.21. The average molecular weight is 587 g/mol. The second-order valence-electron chi connectivity index (χ2n) is 12.7. The van der Waals surface area contributed by atoms with E-state index in [0.29, 0.717) is 12.2 Å². The van der Waals surface area contributed by atoms with Crippen molar-refractivity contribution in [1.82, 2.24) is 30.9 Å². The van der Waals surface area contributed by atoms with Gasteiger partial charge in [-0.15, -0.1) is 0 Å². The van der Waals surface area contributed by atoms with Gasteiger partial charge in [-0.05, 0) is 38.0 Å². The molecule has 0 radical (unpaired) electrons. The van der Waals surface area contributed by atoms with E-state index in [1.807, 2.05) is 81.6 Å². The number of aromatic nitrogens is 3.